The van der Waals surface area contributed by atoms with Crippen molar-refractivity contribution in [3.8, 4) is 0 Å². The minimum absolute atomic E-state index is 0.626. The molecule has 0 fully saturated rings. The van der Waals surface area contributed by atoms with Gasteiger partial charge in [-0.15, -0.1) is 0 Å². The molecule has 0 radical (unpaired) electrons. The smallest absolute Gasteiger partial charge is 0.224 e. The fourth-order valence-corrected chi connectivity index (χ4v) is 3.30. The number of aromatic nitrogens is 3. The van der Waals surface area contributed by atoms with E-state index in [4.69, 9.17) is 11.6 Å². The summed E-state index contributed by atoms with van der Waals surface area (Å²) in [5.74, 6) is 1.39. The van der Waals surface area contributed by atoms with Gasteiger partial charge < -0.3 is 16.0 Å². The summed E-state index contributed by atoms with van der Waals surface area (Å²) in [4.78, 5) is 13.2. The van der Waals surface area contributed by atoms with Gasteiger partial charge in [0.25, 0.3) is 0 Å². The van der Waals surface area contributed by atoms with Gasteiger partial charge >= 0.3 is 0 Å². The van der Waals surface area contributed by atoms with Crippen LogP contribution in [0.25, 0.3) is 10.9 Å². The third-order valence-corrected chi connectivity index (χ3v) is 4.84. The van der Waals surface area contributed by atoms with E-state index in [0.717, 1.165) is 54.0 Å². The van der Waals surface area contributed by atoms with Gasteiger partial charge in [0.15, 0.2) is 0 Å². The van der Waals surface area contributed by atoms with Gasteiger partial charge in [0, 0.05) is 47.3 Å². The van der Waals surface area contributed by atoms with Crippen LogP contribution in [0.2, 0.25) is 5.02 Å². The van der Waals surface area contributed by atoms with Gasteiger partial charge in [0.05, 0.1) is 5.52 Å². The van der Waals surface area contributed by atoms with Crippen LogP contribution in [-0.4, -0.2) is 28.0 Å². The second-order valence-corrected chi connectivity index (χ2v) is 7.27. The molecule has 30 heavy (non-hydrogen) atoms. The molecule has 0 aliphatic rings. The van der Waals surface area contributed by atoms with Gasteiger partial charge in [0.2, 0.25) is 5.95 Å². The summed E-state index contributed by atoms with van der Waals surface area (Å²) in [5.41, 5.74) is 2.97. The molecule has 152 valence electrons. The lowest BCUT2D eigenvalue weighted by Gasteiger charge is -2.10. The maximum atomic E-state index is 6.05. The van der Waals surface area contributed by atoms with Crippen molar-refractivity contribution in [3.05, 3.63) is 78.1 Å². The van der Waals surface area contributed by atoms with Crippen LogP contribution in [-0.2, 0) is 0 Å². The third kappa shape index (κ3) is 5.36. The predicted octanol–water partition coefficient (Wildman–Crippen LogP) is 5.73. The highest BCUT2D eigenvalue weighted by molar-refractivity contribution is 6.31. The van der Waals surface area contributed by atoms with Crippen LogP contribution in [0.15, 0.2) is 73.1 Å². The van der Waals surface area contributed by atoms with Crippen LogP contribution in [0.1, 0.15) is 12.8 Å². The average Bonchev–Trinajstić information content (AvgIpc) is 2.77. The van der Waals surface area contributed by atoms with E-state index >= 15 is 0 Å². The molecule has 0 unspecified atom stereocenters. The second-order valence-electron chi connectivity index (χ2n) is 6.84. The van der Waals surface area contributed by atoms with Crippen molar-refractivity contribution >= 4 is 45.6 Å². The first-order valence-corrected chi connectivity index (χ1v) is 10.3. The number of hydrogen-bond donors (Lipinski definition) is 3. The Hall–Kier alpha value is -3.38. The fourth-order valence-electron chi connectivity index (χ4n) is 3.13. The van der Waals surface area contributed by atoms with Crippen molar-refractivity contribution in [3.63, 3.8) is 0 Å². The van der Waals surface area contributed by atoms with Crippen LogP contribution in [0.5, 0.6) is 0 Å². The Morgan fingerprint density at radius 3 is 2.47 bits per heavy atom. The molecule has 0 saturated heterocycles. The number of para-hydroxylation sites is 1. The van der Waals surface area contributed by atoms with Crippen LogP contribution in [0.3, 0.4) is 0 Å². The zero-order chi connectivity index (χ0) is 20.6. The molecule has 0 bridgehead atoms. The van der Waals surface area contributed by atoms with Gasteiger partial charge in [-0.3, -0.25) is 4.98 Å². The fraction of sp³-hybridized carbons (Fsp3) is 0.174. The molecule has 7 heteroatoms. The number of hydrogen-bond acceptors (Lipinski definition) is 6. The molecule has 0 spiro atoms. The highest BCUT2D eigenvalue weighted by Crippen LogP contribution is 2.24. The summed E-state index contributed by atoms with van der Waals surface area (Å²) in [6.07, 6.45) is 5.58. The molecule has 0 amide bonds. The van der Waals surface area contributed by atoms with Gasteiger partial charge in [-0.05, 0) is 55.3 Å². The van der Waals surface area contributed by atoms with Crippen LogP contribution in [0.4, 0.5) is 23.1 Å². The molecule has 4 rings (SSSR count). The van der Waals surface area contributed by atoms with Crippen molar-refractivity contribution in [1.82, 2.24) is 15.0 Å². The summed E-state index contributed by atoms with van der Waals surface area (Å²) in [6, 6.07) is 19.6. The molecule has 2 heterocycles. The number of halogens is 1. The van der Waals surface area contributed by atoms with Crippen LogP contribution in [0, 0.1) is 0 Å². The Labute approximate surface area is 180 Å². The molecule has 0 atom stereocenters. The molecule has 0 aliphatic carbocycles. The van der Waals surface area contributed by atoms with E-state index < -0.39 is 0 Å². The summed E-state index contributed by atoms with van der Waals surface area (Å²) < 4.78 is 0. The SMILES string of the molecule is Clc1ccc2c(NCCCCNc3nccc(Nc4ccccc4)n3)ccnc2c1. The zero-order valence-corrected chi connectivity index (χ0v) is 17.2. The molecule has 2 aromatic heterocycles. The van der Waals surface area contributed by atoms with Gasteiger partial charge in [0.1, 0.15) is 5.82 Å². The lowest BCUT2D eigenvalue weighted by Crippen LogP contribution is -2.09. The number of anilines is 4. The minimum atomic E-state index is 0.626. The molecule has 3 N–H and O–H groups in total. The lowest BCUT2D eigenvalue weighted by atomic mass is 10.2. The average molecular weight is 419 g/mol. The largest absolute Gasteiger partial charge is 0.384 e. The van der Waals surface area contributed by atoms with Crippen molar-refractivity contribution in [2.75, 3.05) is 29.0 Å². The Kier molecular flexibility index (Phi) is 6.57. The monoisotopic (exact) mass is 418 g/mol. The first kappa shape index (κ1) is 19.9. The third-order valence-electron chi connectivity index (χ3n) is 4.61. The number of nitrogens with zero attached hydrogens (tertiary/aromatic N) is 3. The summed E-state index contributed by atoms with van der Waals surface area (Å²) in [5, 5.41) is 11.8. The molecule has 0 saturated carbocycles. The summed E-state index contributed by atoms with van der Waals surface area (Å²) in [6.45, 7) is 1.68. The topological polar surface area (TPSA) is 74.8 Å². The standard InChI is InChI=1S/C23H23ClN6/c24-17-8-9-19-20(10-14-26-21(19)16-17)25-12-4-5-13-27-23-28-15-11-22(30-23)29-18-6-2-1-3-7-18/h1-3,6-11,14-16H,4-5,12-13H2,(H,25,26)(H2,27,28,29,30). The maximum Gasteiger partial charge on any atom is 0.224 e. The molecule has 2 aromatic carbocycles. The highest BCUT2D eigenvalue weighted by Gasteiger charge is 2.03. The van der Waals surface area contributed by atoms with E-state index in [0.29, 0.717) is 11.0 Å². The Morgan fingerprint density at radius 1 is 0.800 bits per heavy atom. The van der Waals surface area contributed by atoms with Crippen molar-refractivity contribution < 1.29 is 0 Å². The molecular weight excluding hydrogens is 396 g/mol. The normalized spacial score (nSPS) is 10.7. The lowest BCUT2D eigenvalue weighted by molar-refractivity contribution is 0.791. The number of benzene rings is 2. The van der Waals surface area contributed by atoms with E-state index in [-0.39, 0.29) is 0 Å². The van der Waals surface area contributed by atoms with E-state index in [1.807, 2.05) is 60.7 Å². The van der Waals surface area contributed by atoms with Gasteiger partial charge in [-0.25, -0.2) is 4.98 Å². The summed E-state index contributed by atoms with van der Waals surface area (Å²) >= 11 is 6.05. The van der Waals surface area contributed by atoms with Gasteiger partial charge in [-0.1, -0.05) is 29.8 Å². The highest BCUT2D eigenvalue weighted by atomic mass is 35.5. The zero-order valence-electron chi connectivity index (χ0n) is 16.5. The number of unbranched alkanes of at least 4 members (excludes halogenated alkanes) is 1. The predicted molar refractivity (Wildman–Crippen MR) is 125 cm³/mol. The number of fused-ring (bicyclic) bond motifs is 1. The first-order valence-electron chi connectivity index (χ1n) is 9.95. The Balaban J connectivity index is 1.22. The van der Waals surface area contributed by atoms with E-state index in [2.05, 4.69) is 30.9 Å². The molecular formula is C23H23ClN6. The summed E-state index contributed by atoms with van der Waals surface area (Å²) in [7, 11) is 0. The van der Waals surface area contributed by atoms with Gasteiger partial charge in [-0.2, -0.15) is 4.98 Å². The maximum absolute atomic E-state index is 6.05. The number of pyridine rings is 1. The first-order chi connectivity index (χ1) is 14.8. The number of rotatable bonds is 9. The van der Waals surface area contributed by atoms with Crippen LogP contribution < -0.4 is 16.0 Å². The quantitative estimate of drug-likeness (QED) is 0.301. The van der Waals surface area contributed by atoms with Crippen molar-refractivity contribution in [2.45, 2.75) is 12.8 Å². The Bertz CT molecular complexity index is 1100. The van der Waals surface area contributed by atoms with E-state index in [9.17, 15) is 0 Å². The number of nitrogens with one attached hydrogen (secondary N) is 3. The molecule has 4 aromatic rings. The molecule has 6 nitrogen and oxygen atoms in total. The van der Waals surface area contributed by atoms with Crippen molar-refractivity contribution in [1.29, 1.82) is 0 Å². The molecule has 0 aliphatic heterocycles. The van der Waals surface area contributed by atoms with Crippen LogP contribution >= 0.6 is 11.6 Å². The second kappa shape index (κ2) is 9.89. The minimum Gasteiger partial charge on any atom is -0.384 e. The Morgan fingerprint density at radius 2 is 1.60 bits per heavy atom. The van der Waals surface area contributed by atoms with E-state index in [1.165, 1.54) is 0 Å². The van der Waals surface area contributed by atoms with E-state index in [1.54, 1.807) is 12.4 Å². The van der Waals surface area contributed by atoms with Crippen molar-refractivity contribution in [2.24, 2.45) is 0 Å².